The topological polar surface area (TPSA) is 79.3 Å². The van der Waals surface area contributed by atoms with Crippen LogP contribution in [0.1, 0.15) is 45.9 Å². The Kier molecular flexibility index (Phi) is 7.33. The maximum Gasteiger partial charge on any atom is 0.418 e. The normalized spacial score (nSPS) is 17.5. The molecule has 1 aliphatic rings. The highest BCUT2D eigenvalue weighted by molar-refractivity contribution is 7.92. The van der Waals surface area contributed by atoms with Crippen LogP contribution in [0.4, 0.5) is 24.5 Å². The fraction of sp³-hybridized carbons (Fsp3) is 0.241. The highest BCUT2D eigenvalue weighted by Gasteiger charge is 2.43. The molecule has 0 bridgehead atoms. The third kappa shape index (κ3) is 5.53. The van der Waals surface area contributed by atoms with Crippen molar-refractivity contribution in [3.05, 3.63) is 107 Å². The summed E-state index contributed by atoms with van der Waals surface area (Å²) in [4.78, 5) is 6.46. The number of pyridine rings is 1. The van der Waals surface area contributed by atoms with Crippen LogP contribution >= 0.6 is 12.2 Å². The number of benzene rings is 2. The van der Waals surface area contributed by atoms with Crippen molar-refractivity contribution in [2.24, 2.45) is 0 Å². The zero-order valence-electron chi connectivity index (χ0n) is 22.7. The number of hydrogen-bond acceptors (Lipinski definition) is 4. The molecule has 7 nitrogen and oxygen atoms in total. The molecule has 214 valence electrons. The minimum Gasteiger partial charge on any atom is -0.351 e. The van der Waals surface area contributed by atoms with Crippen molar-refractivity contribution >= 4 is 38.7 Å². The Morgan fingerprint density at radius 2 is 1.71 bits per heavy atom. The smallest absolute Gasteiger partial charge is 0.351 e. The molecule has 4 aromatic rings. The fourth-order valence-electron chi connectivity index (χ4n) is 5.43. The Balaban J connectivity index is 1.68. The summed E-state index contributed by atoms with van der Waals surface area (Å²) in [7, 11) is -3.48. The Hall–Kier alpha value is -3.90. The lowest BCUT2D eigenvalue weighted by molar-refractivity contribution is -0.137. The van der Waals surface area contributed by atoms with Crippen molar-refractivity contribution in [3.8, 4) is 5.69 Å². The molecule has 1 fully saturated rings. The van der Waals surface area contributed by atoms with E-state index in [0.717, 1.165) is 23.6 Å². The second kappa shape index (κ2) is 10.5. The largest absolute Gasteiger partial charge is 0.418 e. The van der Waals surface area contributed by atoms with Crippen molar-refractivity contribution in [2.75, 3.05) is 15.9 Å². The van der Waals surface area contributed by atoms with Gasteiger partial charge in [-0.2, -0.15) is 13.2 Å². The number of anilines is 2. The van der Waals surface area contributed by atoms with E-state index in [9.17, 15) is 21.6 Å². The van der Waals surface area contributed by atoms with Gasteiger partial charge in [0, 0.05) is 23.3 Å². The summed E-state index contributed by atoms with van der Waals surface area (Å²) in [5, 5.41) is 3.78. The third-order valence-corrected chi connectivity index (χ3v) is 8.03. The van der Waals surface area contributed by atoms with Gasteiger partial charge in [0.25, 0.3) is 0 Å². The second-order valence-electron chi connectivity index (χ2n) is 10.0. The lowest BCUT2D eigenvalue weighted by Gasteiger charge is -2.29. The predicted molar refractivity (Wildman–Crippen MR) is 158 cm³/mol. The van der Waals surface area contributed by atoms with Gasteiger partial charge in [0.1, 0.15) is 0 Å². The molecule has 2 N–H and O–H groups in total. The van der Waals surface area contributed by atoms with E-state index in [4.69, 9.17) is 12.2 Å². The maximum absolute atomic E-state index is 14.0. The summed E-state index contributed by atoms with van der Waals surface area (Å²) >= 11 is 5.81. The minimum atomic E-state index is -4.53. The number of hydrogen-bond donors (Lipinski definition) is 2. The van der Waals surface area contributed by atoms with E-state index in [2.05, 4.69) is 15.0 Å². The van der Waals surface area contributed by atoms with Gasteiger partial charge < -0.3 is 14.8 Å². The van der Waals surface area contributed by atoms with E-state index in [1.807, 2.05) is 29.2 Å². The van der Waals surface area contributed by atoms with Gasteiger partial charge in [0.15, 0.2) is 5.11 Å². The van der Waals surface area contributed by atoms with Crippen LogP contribution in [0.15, 0.2) is 72.9 Å². The number of sulfonamides is 1. The summed E-state index contributed by atoms with van der Waals surface area (Å²) in [5.41, 5.74) is 3.90. The second-order valence-corrected chi connectivity index (χ2v) is 12.2. The summed E-state index contributed by atoms with van der Waals surface area (Å²) in [6.07, 6.45) is -1.77. The molecule has 0 spiro atoms. The van der Waals surface area contributed by atoms with Crippen molar-refractivity contribution in [1.82, 2.24) is 14.9 Å². The Morgan fingerprint density at radius 3 is 2.34 bits per heavy atom. The molecule has 0 amide bonds. The average molecular weight is 600 g/mol. The molecule has 2 atom stereocenters. The lowest BCUT2D eigenvalue weighted by atomic mass is 9.96. The molecule has 1 aliphatic heterocycles. The molecule has 2 aromatic carbocycles. The van der Waals surface area contributed by atoms with Crippen LogP contribution in [-0.4, -0.2) is 29.3 Å². The van der Waals surface area contributed by atoms with Crippen LogP contribution in [0, 0.1) is 20.8 Å². The number of aryl methyl sites for hydroxylation is 2. The molecule has 2 aromatic heterocycles. The average Bonchev–Trinajstić information content (AvgIpc) is 3.39. The Morgan fingerprint density at radius 1 is 1.00 bits per heavy atom. The van der Waals surface area contributed by atoms with Crippen LogP contribution in [0.3, 0.4) is 0 Å². The lowest BCUT2D eigenvalue weighted by Crippen LogP contribution is -2.29. The minimum absolute atomic E-state index is 0.0442. The van der Waals surface area contributed by atoms with E-state index in [1.54, 1.807) is 55.8 Å². The zero-order chi connectivity index (χ0) is 29.7. The molecular formula is C29H28F3N5O2S2. The Bertz CT molecular complexity index is 1740. The maximum atomic E-state index is 14.0. The van der Waals surface area contributed by atoms with Gasteiger partial charge in [-0.1, -0.05) is 18.2 Å². The molecular weight excluding hydrogens is 571 g/mol. The van der Waals surface area contributed by atoms with Gasteiger partial charge in [0.2, 0.25) is 10.0 Å². The van der Waals surface area contributed by atoms with Crippen molar-refractivity contribution < 1.29 is 21.6 Å². The molecule has 41 heavy (non-hydrogen) atoms. The van der Waals surface area contributed by atoms with Gasteiger partial charge in [0.05, 0.1) is 41.0 Å². The van der Waals surface area contributed by atoms with E-state index >= 15 is 0 Å². The van der Waals surface area contributed by atoms with Crippen LogP contribution in [0.2, 0.25) is 0 Å². The van der Waals surface area contributed by atoms with Crippen LogP contribution in [0.25, 0.3) is 5.69 Å². The number of aromatic nitrogens is 2. The van der Waals surface area contributed by atoms with Gasteiger partial charge in [-0.25, -0.2) is 8.42 Å². The van der Waals surface area contributed by atoms with E-state index in [0.29, 0.717) is 33.4 Å². The summed E-state index contributed by atoms with van der Waals surface area (Å²) in [6, 6.07) is 17.3. The predicted octanol–water partition coefficient (Wildman–Crippen LogP) is 6.36. The first-order valence-electron chi connectivity index (χ1n) is 12.7. The van der Waals surface area contributed by atoms with Gasteiger partial charge >= 0.3 is 6.18 Å². The van der Waals surface area contributed by atoms with Crippen LogP contribution < -0.4 is 14.9 Å². The number of halogens is 3. The van der Waals surface area contributed by atoms with E-state index in [-0.39, 0.29) is 5.69 Å². The number of nitrogens with zero attached hydrogens (tertiary/aromatic N) is 3. The molecule has 0 aliphatic carbocycles. The van der Waals surface area contributed by atoms with E-state index < -0.39 is 33.8 Å². The quantitative estimate of drug-likeness (QED) is 0.251. The molecule has 0 saturated carbocycles. The number of thiocarbonyl (C=S) groups is 1. The Labute approximate surface area is 242 Å². The highest BCUT2D eigenvalue weighted by Crippen LogP contribution is 2.45. The molecule has 0 radical (unpaired) electrons. The summed E-state index contributed by atoms with van der Waals surface area (Å²) < 4.78 is 69.8. The molecule has 12 heteroatoms. The van der Waals surface area contributed by atoms with Crippen molar-refractivity contribution in [3.63, 3.8) is 0 Å². The van der Waals surface area contributed by atoms with E-state index in [1.165, 1.54) is 12.1 Å². The molecule has 3 heterocycles. The molecule has 1 saturated heterocycles. The highest BCUT2D eigenvalue weighted by atomic mass is 32.2. The number of para-hydroxylation sites is 1. The first-order valence-corrected chi connectivity index (χ1v) is 15.0. The number of nitrogens with one attached hydrogen (secondary N) is 2. The van der Waals surface area contributed by atoms with Crippen LogP contribution in [-0.2, 0) is 16.2 Å². The van der Waals surface area contributed by atoms with Gasteiger partial charge in [-0.05, 0) is 92.6 Å². The molecule has 2 unspecified atom stereocenters. The number of alkyl halides is 3. The fourth-order valence-corrected chi connectivity index (χ4v) is 6.40. The van der Waals surface area contributed by atoms with Crippen molar-refractivity contribution in [1.29, 1.82) is 0 Å². The SMILES string of the molecule is Cc1cc(N2C(=S)NC(c3ccccn3)C2c2cc(C)n(-c3ccccc3C(F)(F)F)c2C)ccc1NS(C)(=O)=O. The molecule has 5 rings (SSSR count). The van der Waals surface area contributed by atoms with Gasteiger partial charge in [-0.15, -0.1) is 0 Å². The monoisotopic (exact) mass is 599 g/mol. The summed E-state index contributed by atoms with van der Waals surface area (Å²) in [6.45, 7) is 5.36. The zero-order valence-corrected chi connectivity index (χ0v) is 24.3. The third-order valence-electron chi connectivity index (χ3n) is 7.12. The standard InChI is InChI=1S/C29H28F3N5O2S2/c1-17-15-20(12-13-23(17)35-41(4,38)39)37-27(26(34-28(37)40)24-10-7-8-14-33-24)21-16-18(2)36(19(21)3)25-11-6-5-9-22(25)29(30,31)32/h5-16,26-27,35H,1-4H3,(H,34,40). The number of rotatable bonds is 6. The van der Waals surface area contributed by atoms with Gasteiger partial charge in [-0.3, -0.25) is 9.71 Å². The first-order chi connectivity index (χ1) is 19.3. The summed E-state index contributed by atoms with van der Waals surface area (Å²) in [5.74, 6) is 0. The van der Waals surface area contributed by atoms with Crippen molar-refractivity contribution in [2.45, 2.75) is 39.0 Å². The first kappa shape index (κ1) is 28.6. The van der Waals surface area contributed by atoms with Crippen LogP contribution in [0.5, 0.6) is 0 Å².